The largest absolute Gasteiger partial charge is 0.361 e. The molecule has 2 aliphatic heterocycles. The van der Waals surface area contributed by atoms with Crippen LogP contribution in [0.4, 0.5) is 0 Å². The van der Waals surface area contributed by atoms with E-state index in [1.807, 2.05) is 91.1 Å². The van der Waals surface area contributed by atoms with Crippen molar-refractivity contribution in [3.8, 4) is 0 Å². The molecule has 3 heterocycles. The van der Waals surface area contributed by atoms with E-state index < -0.39 is 53.8 Å². The highest BCUT2D eigenvalue weighted by Gasteiger charge is 2.43. The molecule has 6 N–H and O–H groups in total. The fourth-order valence-corrected chi connectivity index (χ4v) is 9.12. The summed E-state index contributed by atoms with van der Waals surface area (Å²) in [6.07, 6.45) is 9.52. The van der Waals surface area contributed by atoms with E-state index in [-0.39, 0.29) is 37.6 Å². The topological polar surface area (TPSA) is 170 Å². The van der Waals surface area contributed by atoms with Crippen molar-refractivity contribution in [2.24, 2.45) is 11.7 Å². The van der Waals surface area contributed by atoms with Gasteiger partial charge in [-0.05, 0) is 67.3 Å². The van der Waals surface area contributed by atoms with Crippen LogP contribution in [-0.4, -0.2) is 87.6 Å². The number of H-pyrrole nitrogens is 1. The molecule has 0 bridgehead atoms. The van der Waals surface area contributed by atoms with Crippen LogP contribution in [0.25, 0.3) is 10.9 Å². The van der Waals surface area contributed by atoms with E-state index in [1.54, 1.807) is 9.80 Å². The minimum absolute atomic E-state index is 0.103. The molecule has 58 heavy (non-hydrogen) atoms. The average Bonchev–Trinajstić information content (AvgIpc) is 3.91. The highest BCUT2D eigenvalue weighted by molar-refractivity contribution is 5.98. The van der Waals surface area contributed by atoms with Gasteiger partial charge in [-0.25, -0.2) is 0 Å². The maximum Gasteiger partial charge on any atom is 0.246 e. The average molecular weight is 788 g/mol. The first kappa shape index (κ1) is 40.7. The van der Waals surface area contributed by atoms with Gasteiger partial charge in [-0.2, -0.15) is 0 Å². The molecule has 12 heteroatoms. The number of hydrogen-bond donors (Lipinski definition) is 5. The molecule has 0 radical (unpaired) electrons. The Labute approximate surface area is 340 Å². The number of benzene rings is 3. The van der Waals surface area contributed by atoms with Crippen LogP contribution in [0.3, 0.4) is 0 Å². The lowest BCUT2D eigenvalue weighted by Crippen LogP contribution is -2.59. The third-order valence-electron chi connectivity index (χ3n) is 12.2. The molecule has 7 rings (SSSR count). The Hall–Kier alpha value is -5.49. The number of amides is 5. The number of nitrogens with one attached hydrogen (secondary N) is 4. The van der Waals surface area contributed by atoms with Crippen molar-refractivity contribution in [2.45, 2.75) is 114 Å². The van der Waals surface area contributed by atoms with Gasteiger partial charge >= 0.3 is 0 Å². The third-order valence-corrected chi connectivity index (χ3v) is 12.2. The number of para-hydroxylation sites is 1. The molecule has 3 fully saturated rings. The van der Waals surface area contributed by atoms with Crippen molar-refractivity contribution in [2.75, 3.05) is 13.1 Å². The van der Waals surface area contributed by atoms with E-state index in [1.165, 1.54) is 0 Å². The van der Waals surface area contributed by atoms with Crippen LogP contribution in [0, 0.1) is 5.92 Å². The van der Waals surface area contributed by atoms with Crippen molar-refractivity contribution >= 4 is 40.4 Å². The van der Waals surface area contributed by atoms with Gasteiger partial charge in [0.05, 0.1) is 0 Å². The Morgan fingerprint density at radius 2 is 1.29 bits per heavy atom. The van der Waals surface area contributed by atoms with Crippen LogP contribution in [0.2, 0.25) is 0 Å². The van der Waals surface area contributed by atoms with E-state index >= 15 is 4.79 Å². The van der Waals surface area contributed by atoms with Gasteiger partial charge in [0.2, 0.25) is 29.5 Å². The summed E-state index contributed by atoms with van der Waals surface area (Å²) in [7, 11) is 0. The van der Waals surface area contributed by atoms with E-state index in [0.29, 0.717) is 38.8 Å². The van der Waals surface area contributed by atoms with Crippen LogP contribution in [0.15, 0.2) is 91.1 Å². The van der Waals surface area contributed by atoms with E-state index in [2.05, 4.69) is 20.9 Å². The maximum atomic E-state index is 15.3. The lowest BCUT2D eigenvalue weighted by atomic mass is 9.84. The predicted octanol–water partition coefficient (Wildman–Crippen LogP) is 4.52. The first-order valence-corrected chi connectivity index (χ1v) is 21.1. The smallest absolute Gasteiger partial charge is 0.246 e. The fourth-order valence-electron chi connectivity index (χ4n) is 9.12. The highest BCUT2D eigenvalue weighted by atomic mass is 16.2. The van der Waals surface area contributed by atoms with Gasteiger partial charge in [0.1, 0.15) is 30.2 Å². The Morgan fingerprint density at radius 1 is 0.638 bits per heavy atom. The lowest BCUT2D eigenvalue weighted by Gasteiger charge is -2.37. The van der Waals surface area contributed by atoms with Gasteiger partial charge in [0.15, 0.2) is 0 Å². The summed E-state index contributed by atoms with van der Waals surface area (Å²) in [6.45, 7) is 0.753. The van der Waals surface area contributed by atoms with Crippen molar-refractivity contribution < 1.29 is 24.0 Å². The number of aromatic nitrogens is 1. The Bertz CT molecular complexity index is 2030. The fraction of sp³-hybridized carbons (Fsp3) is 0.457. The zero-order chi connectivity index (χ0) is 40.4. The van der Waals surface area contributed by atoms with Crippen molar-refractivity contribution in [3.05, 3.63) is 108 Å². The van der Waals surface area contributed by atoms with E-state index in [9.17, 15) is 19.2 Å². The molecule has 0 spiro atoms. The first-order chi connectivity index (χ1) is 28.3. The minimum atomic E-state index is -1.09. The number of carbonyl (C=O) groups excluding carboxylic acids is 5. The van der Waals surface area contributed by atoms with Crippen molar-refractivity contribution in [1.29, 1.82) is 0 Å². The summed E-state index contributed by atoms with van der Waals surface area (Å²) in [4.78, 5) is 80.4. The molecule has 3 aliphatic rings. The van der Waals surface area contributed by atoms with Crippen LogP contribution in [0.5, 0.6) is 0 Å². The standard InChI is InChI=1S/C46H57N7O5/c47-24-12-22-41-46(58)52-25-13-23-40(52)44(56)50-37(26-31-14-4-1-5-15-31)42(54)49-38(28-34-29-48-36-21-11-10-20-35(34)36)43(55)51-39(27-32-16-6-2-7-17-32)45(57)53(41)30-33-18-8-3-9-19-33/h2-3,6-11,16-21,29,31,37-41,48H,1,4-5,12-15,22-28,30,47H2,(H,49,54)(H,50,56)(H,51,55)/t37-,38-,39-,40-,41-/m0/s1. The molecule has 4 aromatic rings. The predicted molar refractivity (Wildman–Crippen MR) is 223 cm³/mol. The van der Waals surface area contributed by atoms with Gasteiger partial charge in [0, 0.05) is 43.0 Å². The Morgan fingerprint density at radius 3 is 2.03 bits per heavy atom. The minimum Gasteiger partial charge on any atom is -0.361 e. The number of rotatable bonds is 11. The molecule has 5 atom stereocenters. The summed E-state index contributed by atoms with van der Waals surface area (Å²) in [5.41, 5.74) is 9.41. The number of hydrogen-bond acceptors (Lipinski definition) is 6. The summed E-state index contributed by atoms with van der Waals surface area (Å²) < 4.78 is 0. The van der Waals surface area contributed by atoms with Gasteiger partial charge < -0.3 is 36.5 Å². The second-order valence-corrected chi connectivity index (χ2v) is 16.3. The third kappa shape index (κ3) is 9.78. The monoisotopic (exact) mass is 787 g/mol. The van der Waals surface area contributed by atoms with Crippen molar-refractivity contribution in [3.63, 3.8) is 0 Å². The summed E-state index contributed by atoms with van der Waals surface area (Å²) in [5.74, 6) is -1.92. The van der Waals surface area contributed by atoms with Crippen LogP contribution < -0.4 is 21.7 Å². The summed E-state index contributed by atoms with van der Waals surface area (Å²) in [6, 6.07) is 21.9. The number of aromatic amines is 1. The highest BCUT2D eigenvalue weighted by Crippen LogP contribution is 2.29. The van der Waals surface area contributed by atoms with E-state index in [4.69, 9.17) is 5.73 Å². The molecule has 1 saturated carbocycles. The molecule has 1 aromatic heterocycles. The van der Waals surface area contributed by atoms with Crippen LogP contribution in [0.1, 0.15) is 80.9 Å². The first-order valence-electron chi connectivity index (χ1n) is 21.1. The molecule has 12 nitrogen and oxygen atoms in total. The van der Waals surface area contributed by atoms with Gasteiger partial charge in [-0.15, -0.1) is 0 Å². The van der Waals surface area contributed by atoms with E-state index in [0.717, 1.165) is 59.7 Å². The summed E-state index contributed by atoms with van der Waals surface area (Å²) >= 11 is 0. The lowest BCUT2D eigenvalue weighted by molar-refractivity contribution is -0.150. The number of nitrogens with zero attached hydrogens (tertiary/aromatic N) is 2. The Balaban J connectivity index is 1.33. The normalized spacial score (nSPS) is 24.2. The molecule has 306 valence electrons. The van der Waals surface area contributed by atoms with Crippen molar-refractivity contribution in [1.82, 2.24) is 30.7 Å². The number of carbonyl (C=O) groups is 5. The zero-order valence-electron chi connectivity index (χ0n) is 33.2. The van der Waals surface area contributed by atoms with Crippen LogP contribution in [-0.2, 0) is 43.4 Å². The SMILES string of the molecule is NCCC[C@H]1C(=O)N2CCC[C@H]2C(=O)N[C@@H](CC2CCCCC2)C(=O)N[C@@H](Cc2c[nH]c3ccccc23)C(=O)N[C@@H](Cc2ccccc2)C(=O)N1Cc1ccccc1. The molecular formula is C46H57N7O5. The molecule has 0 unspecified atom stereocenters. The maximum absolute atomic E-state index is 15.3. The molecule has 1 aliphatic carbocycles. The number of fused-ring (bicyclic) bond motifs is 2. The zero-order valence-corrected chi connectivity index (χ0v) is 33.2. The molecule has 5 amide bonds. The quantitative estimate of drug-likeness (QED) is 0.150. The second-order valence-electron chi connectivity index (χ2n) is 16.3. The summed E-state index contributed by atoms with van der Waals surface area (Å²) in [5, 5.41) is 10.1. The molecule has 3 aromatic carbocycles. The molecule has 2 saturated heterocycles. The van der Waals surface area contributed by atoms with Crippen LogP contribution >= 0.6 is 0 Å². The number of nitrogens with two attached hydrogens (primary N) is 1. The molecular weight excluding hydrogens is 731 g/mol. The van der Waals surface area contributed by atoms with Gasteiger partial charge in [-0.3, -0.25) is 24.0 Å². The Kier molecular flexibility index (Phi) is 13.5. The van der Waals surface area contributed by atoms with Gasteiger partial charge in [0.25, 0.3) is 0 Å². The van der Waals surface area contributed by atoms with Gasteiger partial charge in [-0.1, -0.05) is 111 Å². The second kappa shape index (κ2) is 19.3.